The molecule has 0 aliphatic rings. The maximum Gasteiger partial charge on any atom is 0.250 e. The number of hydrogen-bond acceptors (Lipinski definition) is 3. The molecule has 0 fully saturated rings. The number of benzene rings is 1. The first-order valence-electron chi connectivity index (χ1n) is 7.24. The summed E-state index contributed by atoms with van der Waals surface area (Å²) >= 11 is 4.92. The van der Waals surface area contributed by atoms with Crippen LogP contribution in [0.25, 0.3) is 6.08 Å². The maximum atomic E-state index is 11.6. The molecule has 0 aromatic heterocycles. The molecule has 0 aliphatic carbocycles. The van der Waals surface area contributed by atoms with Gasteiger partial charge in [-0.3, -0.25) is 25.8 Å². The van der Waals surface area contributed by atoms with Gasteiger partial charge in [-0.25, -0.2) is 0 Å². The van der Waals surface area contributed by atoms with Crippen LogP contribution in [-0.2, 0) is 9.59 Å². The largest absolute Gasteiger partial charge is 0.298 e. The Bertz CT molecular complexity index is 529. The lowest BCUT2D eigenvalue weighted by atomic mass is 10.2. The second kappa shape index (κ2) is 10.5. The number of hydrogen-bond donors (Lipinski definition) is 3. The van der Waals surface area contributed by atoms with Gasteiger partial charge >= 0.3 is 0 Å². The van der Waals surface area contributed by atoms with E-state index in [9.17, 15) is 9.59 Å². The van der Waals surface area contributed by atoms with Crippen LogP contribution < -0.4 is 16.2 Å². The van der Waals surface area contributed by atoms with Gasteiger partial charge in [0.2, 0.25) is 11.8 Å². The lowest BCUT2D eigenvalue weighted by molar-refractivity contribution is -0.122. The van der Waals surface area contributed by atoms with Crippen LogP contribution in [0.3, 0.4) is 0 Å². The van der Waals surface area contributed by atoms with Crippen molar-refractivity contribution in [2.45, 2.75) is 32.6 Å². The van der Waals surface area contributed by atoms with E-state index in [1.807, 2.05) is 30.3 Å². The molecule has 0 saturated heterocycles. The van der Waals surface area contributed by atoms with Crippen LogP contribution in [0.1, 0.15) is 38.2 Å². The van der Waals surface area contributed by atoms with Gasteiger partial charge in [-0.1, -0.05) is 50.1 Å². The minimum Gasteiger partial charge on any atom is -0.298 e. The highest BCUT2D eigenvalue weighted by Gasteiger charge is 2.03. The molecule has 0 radical (unpaired) electrons. The number of thiocarbonyl (C=S) groups is 1. The zero-order valence-electron chi connectivity index (χ0n) is 12.6. The number of carbonyl (C=O) groups is 2. The Morgan fingerprint density at radius 3 is 2.55 bits per heavy atom. The number of nitrogens with one attached hydrogen (secondary N) is 3. The predicted octanol–water partition coefficient (Wildman–Crippen LogP) is 2.30. The molecular weight excluding hydrogens is 298 g/mol. The molecule has 0 spiro atoms. The van der Waals surface area contributed by atoms with Crippen LogP contribution in [0.2, 0.25) is 0 Å². The maximum absolute atomic E-state index is 11.6. The Morgan fingerprint density at radius 2 is 1.86 bits per heavy atom. The molecule has 1 rings (SSSR count). The van der Waals surface area contributed by atoms with E-state index in [2.05, 4.69) is 23.1 Å². The standard InChI is InChI=1S/C16H21N3O2S/c1-2-3-5-10-15(21)18-19-16(22)17-14(20)12-11-13-8-6-4-7-9-13/h4,6-9,11-12H,2-3,5,10H2,1H3,(H,18,21)(H2,17,19,20,22). The molecule has 3 N–H and O–H groups in total. The fourth-order valence-electron chi connectivity index (χ4n) is 1.65. The molecule has 118 valence electrons. The molecule has 22 heavy (non-hydrogen) atoms. The Hall–Kier alpha value is -2.21. The highest BCUT2D eigenvalue weighted by Crippen LogP contribution is 2.00. The van der Waals surface area contributed by atoms with Gasteiger partial charge in [-0.2, -0.15) is 0 Å². The smallest absolute Gasteiger partial charge is 0.250 e. The number of amides is 2. The molecule has 0 heterocycles. The molecule has 1 aromatic carbocycles. The van der Waals surface area contributed by atoms with E-state index in [0.29, 0.717) is 6.42 Å². The predicted molar refractivity (Wildman–Crippen MR) is 91.6 cm³/mol. The first kappa shape index (κ1) is 17.8. The van der Waals surface area contributed by atoms with E-state index >= 15 is 0 Å². The summed E-state index contributed by atoms with van der Waals surface area (Å²) in [7, 11) is 0. The first-order chi connectivity index (χ1) is 10.6. The van der Waals surface area contributed by atoms with E-state index in [-0.39, 0.29) is 16.9 Å². The first-order valence-corrected chi connectivity index (χ1v) is 7.65. The van der Waals surface area contributed by atoms with Crippen LogP contribution in [-0.4, -0.2) is 16.9 Å². The Morgan fingerprint density at radius 1 is 1.14 bits per heavy atom. The van der Waals surface area contributed by atoms with Crippen molar-refractivity contribution in [3.8, 4) is 0 Å². The Balaban J connectivity index is 2.25. The van der Waals surface area contributed by atoms with Crippen molar-refractivity contribution < 1.29 is 9.59 Å². The molecule has 6 heteroatoms. The molecule has 2 amide bonds. The molecule has 0 aliphatic heterocycles. The van der Waals surface area contributed by atoms with Gasteiger partial charge in [0.25, 0.3) is 0 Å². The lowest BCUT2D eigenvalue weighted by Gasteiger charge is -2.09. The summed E-state index contributed by atoms with van der Waals surface area (Å²) in [6.45, 7) is 2.07. The van der Waals surface area contributed by atoms with Crippen LogP contribution in [0.4, 0.5) is 0 Å². The quantitative estimate of drug-likeness (QED) is 0.326. The second-order valence-corrected chi connectivity index (χ2v) is 5.10. The zero-order valence-corrected chi connectivity index (χ0v) is 13.4. The molecular formula is C16H21N3O2S. The highest BCUT2D eigenvalue weighted by atomic mass is 32.1. The Labute approximate surface area is 136 Å². The van der Waals surface area contributed by atoms with E-state index in [1.165, 1.54) is 6.08 Å². The summed E-state index contributed by atoms with van der Waals surface area (Å²) in [6, 6.07) is 9.45. The highest BCUT2D eigenvalue weighted by molar-refractivity contribution is 7.80. The molecule has 0 saturated carbocycles. The van der Waals surface area contributed by atoms with E-state index < -0.39 is 0 Å². The summed E-state index contributed by atoms with van der Waals surface area (Å²) in [5.74, 6) is -0.508. The normalized spacial score (nSPS) is 10.2. The van der Waals surface area contributed by atoms with Crippen molar-refractivity contribution in [1.82, 2.24) is 16.2 Å². The van der Waals surface area contributed by atoms with E-state index in [4.69, 9.17) is 12.2 Å². The minimum atomic E-state index is -0.360. The molecule has 0 bridgehead atoms. The van der Waals surface area contributed by atoms with Gasteiger partial charge in [-0.15, -0.1) is 0 Å². The van der Waals surface area contributed by atoms with Crippen molar-refractivity contribution in [1.29, 1.82) is 0 Å². The second-order valence-electron chi connectivity index (χ2n) is 4.69. The molecule has 5 nitrogen and oxygen atoms in total. The number of hydrazine groups is 1. The summed E-state index contributed by atoms with van der Waals surface area (Å²) < 4.78 is 0. The zero-order chi connectivity index (χ0) is 16.2. The monoisotopic (exact) mass is 319 g/mol. The van der Waals surface area contributed by atoms with Crippen molar-refractivity contribution in [2.24, 2.45) is 0 Å². The van der Waals surface area contributed by atoms with Gasteiger partial charge in [0.05, 0.1) is 0 Å². The van der Waals surface area contributed by atoms with Gasteiger partial charge in [0.15, 0.2) is 5.11 Å². The SMILES string of the molecule is CCCCCC(=O)NNC(=S)NC(=O)C=Cc1ccccc1. The Kier molecular flexibility index (Phi) is 8.52. The average Bonchev–Trinajstić information content (AvgIpc) is 2.52. The van der Waals surface area contributed by atoms with Crippen LogP contribution in [0.5, 0.6) is 0 Å². The topological polar surface area (TPSA) is 70.2 Å². The summed E-state index contributed by atoms with van der Waals surface area (Å²) in [5, 5.41) is 2.51. The lowest BCUT2D eigenvalue weighted by Crippen LogP contribution is -2.48. The third-order valence-corrected chi connectivity index (χ3v) is 2.99. The van der Waals surface area contributed by atoms with Gasteiger partial charge in [0, 0.05) is 12.5 Å². The van der Waals surface area contributed by atoms with Gasteiger partial charge in [-0.05, 0) is 30.3 Å². The summed E-state index contributed by atoms with van der Waals surface area (Å²) in [4.78, 5) is 23.1. The van der Waals surface area contributed by atoms with Gasteiger partial charge in [0.1, 0.15) is 0 Å². The third-order valence-electron chi connectivity index (χ3n) is 2.79. The molecule has 0 unspecified atom stereocenters. The minimum absolute atomic E-state index is 0.0616. The molecule has 1 aromatic rings. The van der Waals surface area contributed by atoms with Crippen molar-refractivity contribution in [3.63, 3.8) is 0 Å². The van der Waals surface area contributed by atoms with E-state index in [1.54, 1.807) is 6.08 Å². The van der Waals surface area contributed by atoms with E-state index in [0.717, 1.165) is 24.8 Å². The van der Waals surface area contributed by atoms with Crippen LogP contribution in [0, 0.1) is 0 Å². The van der Waals surface area contributed by atoms with Crippen LogP contribution in [0.15, 0.2) is 36.4 Å². The van der Waals surface area contributed by atoms with Crippen LogP contribution >= 0.6 is 12.2 Å². The summed E-state index contributed by atoms with van der Waals surface area (Å²) in [6.07, 6.45) is 6.41. The number of unbranched alkanes of at least 4 members (excludes halogenated alkanes) is 2. The molecule has 0 atom stereocenters. The van der Waals surface area contributed by atoms with Gasteiger partial charge < -0.3 is 0 Å². The third kappa shape index (κ3) is 8.16. The van der Waals surface area contributed by atoms with Crippen molar-refractivity contribution >= 4 is 35.2 Å². The fourth-order valence-corrected chi connectivity index (χ4v) is 1.80. The average molecular weight is 319 g/mol. The summed E-state index contributed by atoms with van der Waals surface area (Å²) in [5.41, 5.74) is 5.87. The van der Waals surface area contributed by atoms with Crippen molar-refractivity contribution in [2.75, 3.05) is 0 Å². The fraction of sp³-hybridized carbons (Fsp3) is 0.312. The number of rotatable bonds is 6. The van der Waals surface area contributed by atoms with Crippen molar-refractivity contribution in [3.05, 3.63) is 42.0 Å². The number of carbonyl (C=O) groups excluding carboxylic acids is 2.